The third-order valence-electron chi connectivity index (χ3n) is 1.94. The van der Waals surface area contributed by atoms with Crippen molar-refractivity contribution in [2.75, 3.05) is 19.7 Å². The number of aliphatic hydroxyl groups is 2. The summed E-state index contributed by atoms with van der Waals surface area (Å²) in [5, 5.41) is 19.9. The number of aliphatic hydroxyl groups excluding tert-OH is 2. The molecule has 0 radical (unpaired) electrons. The second-order valence-electron chi connectivity index (χ2n) is 2.73. The fraction of sp³-hybridized carbons (Fsp3) is 1.00. The number of halogens is 2. The van der Waals surface area contributed by atoms with Gasteiger partial charge in [-0.1, -0.05) is 0 Å². The van der Waals surface area contributed by atoms with E-state index in [4.69, 9.17) is 10.2 Å². The van der Waals surface area contributed by atoms with Gasteiger partial charge in [0.2, 0.25) is 0 Å². The SMILES string of the molecule is OC[C@@H]1CNC[C@H](O)C1(F)F. The smallest absolute Gasteiger partial charge is 0.280 e. The molecule has 1 rings (SSSR count). The quantitative estimate of drug-likeness (QED) is 0.479. The van der Waals surface area contributed by atoms with E-state index in [2.05, 4.69) is 5.32 Å². The molecule has 0 aromatic rings. The lowest BCUT2D eigenvalue weighted by Gasteiger charge is -2.34. The number of β-amino-alcohol motifs (C(OH)–C–C–N with tert-alkyl or cyclic N) is 1. The van der Waals surface area contributed by atoms with Crippen molar-refractivity contribution in [2.45, 2.75) is 12.0 Å². The van der Waals surface area contributed by atoms with Crippen LogP contribution in [0.25, 0.3) is 0 Å². The Morgan fingerprint density at radius 1 is 1.45 bits per heavy atom. The first kappa shape index (κ1) is 8.83. The van der Waals surface area contributed by atoms with Crippen LogP contribution in [0.5, 0.6) is 0 Å². The van der Waals surface area contributed by atoms with Gasteiger partial charge >= 0.3 is 0 Å². The number of hydrogen-bond donors (Lipinski definition) is 3. The van der Waals surface area contributed by atoms with Gasteiger partial charge in [0.1, 0.15) is 6.10 Å². The lowest BCUT2D eigenvalue weighted by molar-refractivity contribution is -0.168. The lowest BCUT2D eigenvalue weighted by Crippen LogP contribution is -2.56. The van der Waals surface area contributed by atoms with E-state index < -0.39 is 24.6 Å². The van der Waals surface area contributed by atoms with E-state index in [1.165, 1.54) is 0 Å². The highest BCUT2D eigenvalue weighted by atomic mass is 19.3. The van der Waals surface area contributed by atoms with E-state index in [-0.39, 0.29) is 13.1 Å². The molecule has 3 N–H and O–H groups in total. The number of hydrogen-bond acceptors (Lipinski definition) is 3. The first-order valence-corrected chi connectivity index (χ1v) is 3.46. The van der Waals surface area contributed by atoms with E-state index in [9.17, 15) is 8.78 Å². The van der Waals surface area contributed by atoms with Crippen LogP contribution in [0, 0.1) is 5.92 Å². The molecule has 0 bridgehead atoms. The maximum Gasteiger partial charge on any atom is 0.280 e. The molecule has 1 aliphatic rings. The first-order valence-electron chi connectivity index (χ1n) is 3.46. The van der Waals surface area contributed by atoms with Crippen molar-refractivity contribution in [2.24, 2.45) is 5.92 Å². The third kappa shape index (κ3) is 1.50. The molecule has 66 valence electrons. The summed E-state index contributed by atoms with van der Waals surface area (Å²) < 4.78 is 25.6. The van der Waals surface area contributed by atoms with Gasteiger partial charge < -0.3 is 15.5 Å². The van der Waals surface area contributed by atoms with Crippen LogP contribution in [-0.4, -0.2) is 41.9 Å². The van der Waals surface area contributed by atoms with Crippen LogP contribution in [0.3, 0.4) is 0 Å². The van der Waals surface area contributed by atoms with Crippen molar-refractivity contribution in [3.8, 4) is 0 Å². The van der Waals surface area contributed by atoms with Gasteiger partial charge in [0.15, 0.2) is 0 Å². The van der Waals surface area contributed by atoms with Crippen LogP contribution in [0.1, 0.15) is 0 Å². The van der Waals surface area contributed by atoms with Gasteiger partial charge in [-0.2, -0.15) is 0 Å². The Hall–Kier alpha value is -0.260. The number of alkyl halides is 2. The van der Waals surface area contributed by atoms with Gasteiger partial charge in [0.05, 0.1) is 12.5 Å². The molecule has 0 aliphatic carbocycles. The molecule has 11 heavy (non-hydrogen) atoms. The third-order valence-corrected chi connectivity index (χ3v) is 1.94. The predicted molar refractivity (Wildman–Crippen MR) is 34.4 cm³/mol. The van der Waals surface area contributed by atoms with Crippen LogP contribution < -0.4 is 5.32 Å². The Balaban J connectivity index is 2.64. The minimum atomic E-state index is -3.15. The molecule has 1 saturated heterocycles. The zero-order chi connectivity index (χ0) is 8.48. The van der Waals surface area contributed by atoms with Crippen LogP contribution in [0.2, 0.25) is 0 Å². The standard InChI is InChI=1S/C6H11F2NO2/c7-6(8)4(3-10)1-9-2-5(6)11/h4-5,9-11H,1-3H2/t4-,5-/m0/s1. The molecule has 1 fully saturated rings. The molecule has 0 aromatic carbocycles. The molecule has 0 saturated carbocycles. The fourth-order valence-electron chi connectivity index (χ4n) is 1.12. The fourth-order valence-corrected chi connectivity index (χ4v) is 1.12. The van der Waals surface area contributed by atoms with E-state index in [1.54, 1.807) is 0 Å². The van der Waals surface area contributed by atoms with Crippen LogP contribution in [0.4, 0.5) is 8.78 Å². The van der Waals surface area contributed by atoms with Crippen molar-refractivity contribution in [1.82, 2.24) is 5.32 Å². The topological polar surface area (TPSA) is 52.5 Å². The summed E-state index contributed by atoms with van der Waals surface area (Å²) in [6.45, 7) is -0.652. The summed E-state index contributed by atoms with van der Waals surface area (Å²) in [7, 11) is 0. The van der Waals surface area contributed by atoms with E-state index in [1.807, 2.05) is 0 Å². The zero-order valence-corrected chi connectivity index (χ0v) is 5.93. The van der Waals surface area contributed by atoms with E-state index in [0.29, 0.717) is 0 Å². The van der Waals surface area contributed by atoms with Gasteiger partial charge in [0, 0.05) is 13.1 Å². The van der Waals surface area contributed by atoms with Crippen molar-refractivity contribution >= 4 is 0 Å². The molecule has 0 unspecified atom stereocenters. The molecule has 0 spiro atoms. The largest absolute Gasteiger partial charge is 0.396 e. The van der Waals surface area contributed by atoms with Crippen LogP contribution >= 0.6 is 0 Å². The van der Waals surface area contributed by atoms with E-state index in [0.717, 1.165) is 0 Å². The molecule has 5 heteroatoms. The Bertz CT molecular complexity index is 143. The predicted octanol–water partition coefficient (Wildman–Crippen LogP) is -0.806. The highest BCUT2D eigenvalue weighted by Gasteiger charge is 2.48. The second kappa shape index (κ2) is 3.00. The molecule has 0 amide bonds. The van der Waals surface area contributed by atoms with Gasteiger partial charge in [-0.3, -0.25) is 0 Å². The Morgan fingerprint density at radius 3 is 2.55 bits per heavy atom. The first-order chi connectivity index (χ1) is 5.09. The lowest BCUT2D eigenvalue weighted by atomic mass is 9.94. The molecule has 0 aromatic heterocycles. The summed E-state index contributed by atoms with van der Waals surface area (Å²) in [6.07, 6.45) is -1.67. The number of nitrogens with one attached hydrogen (secondary N) is 1. The summed E-state index contributed by atoms with van der Waals surface area (Å²) in [5.74, 6) is -4.31. The maximum atomic E-state index is 12.8. The van der Waals surface area contributed by atoms with Crippen molar-refractivity contribution < 1.29 is 19.0 Å². The van der Waals surface area contributed by atoms with Crippen molar-refractivity contribution in [1.29, 1.82) is 0 Å². The van der Waals surface area contributed by atoms with Gasteiger partial charge in [-0.15, -0.1) is 0 Å². The molecule has 1 aliphatic heterocycles. The highest BCUT2D eigenvalue weighted by molar-refractivity contribution is 4.90. The number of piperidine rings is 1. The normalized spacial score (nSPS) is 37.1. The minimum absolute atomic E-state index is 0.0561. The highest BCUT2D eigenvalue weighted by Crippen LogP contribution is 2.30. The summed E-state index contributed by atoms with van der Waals surface area (Å²) >= 11 is 0. The van der Waals surface area contributed by atoms with Crippen LogP contribution in [-0.2, 0) is 0 Å². The Kier molecular flexibility index (Phi) is 2.41. The van der Waals surface area contributed by atoms with E-state index >= 15 is 0 Å². The molecule has 2 atom stereocenters. The van der Waals surface area contributed by atoms with Crippen molar-refractivity contribution in [3.63, 3.8) is 0 Å². The molecular formula is C6H11F2NO2. The molecular weight excluding hydrogens is 156 g/mol. The summed E-state index contributed by atoms with van der Waals surface area (Å²) in [4.78, 5) is 0. The molecule has 3 nitrogen and oxygen atoms in total. The average Bonchev–Trinajstić information content (AvgIpc) is 1.95. The van der Waals surface area contributed by atoms with Crippen LogP contribution in [0.15, 0.2) is 0 Å². The van der Waals surface area contributed by atoms with Gasteiger partial charge in [-0.05, 0) is 0 Å². The zero-order valence-electron chi connectivity index (χ0n) is 5.93. The second-order valence-corrected chi connectivity index (χ2v) is 2.73. The Morgan fingerprint density at radius 2 is 2.09 bits per heavy atom. The summed E-state index contributed by atoms with van der Waals surface area (Å²) in [5.41, 5.74) is 0. The monoisotopic (exact) mass is 167 g/mol. The van der Waals surface area contributed by atoms with Crippen molar-refractivity contribution in [3.05, 3.63) is 0 Å². The molecule has 1 heterocycles. The summed E-state index contributed by atoms with van der Waals surface area (Å²) in [6, 6.07) is 0. The van der Waals surface area contributed by atoms with Gasteiger partial charge in [0.25, 0.3) is 5.92 Å². The number of rotatable bonds is 1. The minimum Gasteiger partial charge on any atom is -0.396 e. The van der Waals surface area contributed by atoms with Gasteiger partial charge in [-0.25, -0.2) is 8.78 Å². The average molecular weight is 167 g/mol. The Labute approximate surface area is 63.0 Å². The maximum absolute atomic E-state index is 12.8.